The Kier molecular flexibility index (Phi) is 7.20. The average molecular weight is 456 g/mol. The molecule has 4 N–H and O–H groups in total. The van der Waals surface area contributed by atoms with Crippen LogP contribution >= 0.6 is 0 Å². The van der Waals surface area contributed by atoms with Crippen LogP contribution in [0.2, 0.25) is 0 Å². The Morgan fingerprint density at radius 2 is 1.79 bits per heavy atom. The minimum Gasteiger partial charge on any atom is -0.490 e. The highest BCUT2D eigenvalue weighted by atomic mass is 19.1. The lowest BCUT2D eigenvalue weighted by atomic mass is 9.95. The van der Waals surface area contributed by atoms with Crippen molar-refractivity contribution in [2.45, 2.75) is 59.2 Å². The first-order valence-electron chi connectivity index (χ1n) is 11.2. The van der Waals surface area contributed by atoms with E-state index in [2.05, 4.69) is 0 Å². The third-order valence-electron chi connectivity index (χ3n) is 5.56. The molecule has 0 aliphatic carbocycles. The first-order chi connectivity index (χ1) is 15.4. The first-order valence-corrected chi connectivity index (χ1v) is 11.2. The lowest BCUT2D eigenvalue weighted by Gasteiger charge is -2.34. The molecule has 2 aromatic rings. The lowest BCUT2D eigenvalue weighted by molar-refractivity contribution is 0.0126. The van der Waals surface area contributed by atoms with E-state index in [-0.39, 0.29) is 23.8 Å². The molecule has 2 aromatic carbocycles. The van der Waals surface area contributed by atoms with Gasteiger partial charge in [0.1, 0.15) is 23.3 Å². The van der Waals surface area contributed by atoms with Gasteiger partial charge < -0.3 is 25.8 Å². The number of benzene rings is 2. The standard InChI is InChI=1S/C26H34FN3O3/c1-16-7-6-8-21(27)24(16)18-13-17(2)20(15-23(28)29)22(14-18)32-19-9-11-30(12-10-19)25(31)33-26(3,4)5/h6-8,13-15,19H,9-12,28-29H2,1-5H3. The Hall–Kier alpha value is -3.22. The number of hydrogen-bond donors (Lipinski definition) is 2. The van der Waals surface area contributed by atoms with Gasteiger partial charge in [-0.2, -0.15) is 0 Å². The number of carbonyl (C=O) groups excluding carboxylic acids is 1. The highest BCUT2D eigenvalue weighted by Crippen LogP contribution is 2.35. The van der Waals surface area contributed by atoms with Crippen LogP contribution in [0.1, 0.15) is 50.3 Å². The number of hydrogen-bond acceptors (Lipinski definition) is 5. The number of rotatable bonds is 4. The molecule has 1 heterocycles. The summed E-state index contributed by atoms with van der Waals surface area (Å²) in [5, 5.41) is 0. The molecule has 33 heavy (non-hydrogen) atoms. The largest absolute Gasteiger partial charge is 0.490 e. The van der Waals surface area contributed by atoms with E-state index < -0.39 is 5.60 Å². The van der Waals surface area contributed by atoms with Crippen LogP contribution in [0.5, 0.6) is 5.75 Å². The van der Waals surface area contributed by atoms with Crippen molar-refractivity contribution in [3.05, 3.63) is 58.7 Å². The van der Waals surface area contributed by atoms with Crippen molar-refractivity contribution in [2.24, 2.45) is 11.5 Å². The number of amides is 1. The van der Waals surface area contributed by atoms with Crippen molar-refractivity contribution >= 4 is 12.2 Å². The number of nitrogens with zero attached hydrogens (tertiary/aromatic N) is 1. The van der Waals surface area contributed by atoms with Crippen molar-refractivity contribution in [1.29, 1.82) is 0 Å². The van der Waals surface area contributed by atoms with E-state index >= 15 is 0 Å². The number of aryl methyl sites for hydroxylation is 2. The molecule has 178 valence electrons. The van der Waals surface area contributed by atoms with Crippen LogP contribution in [0.3, 0.4) is 0 Å². The molecule has 0 aromatic heterocycles. The van der Waals surface area contributed by atoms with Crippen LogP contribution in [0.15, 0.2) is 36.2 Å². The summed E-state index contributed by atoms with van der Waals surface area (Å²) in [7, 11) is 0. The lowest BCUT2D eigenvalue weighted by Crippen LogP contribution is -2.44. The number of ether oxygens (including phenoxy) is 2. The minimum absolute atomic E-state index is 0.105. The van der Waals surface area contributed by atoms with Crippen LogP contribution in [0.4, 0.5) is 9.18 Å². The zero-order valence-corrected chi connectivity index (χ0v) is 20.1. The average Bonchev–Trinajstić information content (AvgIpc) is 2.69. The van der Waals surface area contributed by atoms with Gasteiger partial charge in [-0.15, -0.1) is 0 Å². The van der Waals surface area contributed by atoms with E-state index in [0.29, 0.717) is 37.2 Å². The van der Waals surface area contributed by atoms with Crippen molar-refractivity contribution < 1.29 is 18.7 Å². The summed E-state index contributed by atoms with van der Waals surface area (Å²) >= 11 is 0. The van der Waals surface area contributed by atoms with Crippen molar-refractivity contribution in [1.82, 2.24) is 4.90 Å². The third kappa shape index (κ3) is 6.18. The predicted molar refractivity (Wildman–Crippen MR) is 129 cm³/mol. The van der Waals surface area contributed by atoms with Gasteiger partial charge in [0.05, 0.1) is 5.82 Å². The quantitative estimate of drug-likeness (QED) is 0.669. The number of piperidine rings is 1. The van der Waals surface area contributed by atoms with E-state index in [4.69, 9.17) is 20.9 Å². The molecule has 6 nitrogen and oxygen atoms in total. The molecule has 0 saturated carbocycles. The van der Waals surface area contributed by atoms with Crippen molar-refractivity contribution in [3.8, 4) is 16.9 Å². The smallest absolute Gasteiger partial charge is 0.410 e. The van der Waals surface area contributed by atoms with Crippen LogP contribution in [0.25, 0.3) is 17.2 Å². The molecule has 0 radical (unpaired) electrons. The second-order valence-electron chi connectivity index (χ2n) is 9.57. The number of nitrogens with two attached hydrogens (primary N) is 2. The molecule has 0 atom stereocenters. The molecule has 3 rings (SSSR count). The predicted octanol–water partition coefficient (Wildman–Crippen LogP) is 5.10. The highest BCUT2D eigenvalue weighted by Gasteiger charge is 2.28. The fraction of sp³-hybridized carbons (Fsp3) is 0.423. The third-order valence-corrected chi connectivity index (χ3v) is 5.56. The van der Waals surface area contributed by atoms with Crippen LogP contribution in [-0.4, -0.2) is 35.8 Å². The Labute approximate surface area is 195 Å². The Balaban J connectivity index is 1.86. The summed E-state index contributed by atoms with van der Waals surface area (Å²) in [4.78, 5) is 14.1. The topological polar surface area (TPSA) is 90.8 Å². The highest BCUT2D eigenvalue weighted by molar-refractivity contribution is 5.75. The maximum Gasteiger partial charge on any atom is 0.410 e. The van der Waals surface area contributed by atoms with Gasteiger partial charge in [-0.25, -0.2) is 9.18 Å². The van der Waals surface area contributed by atoms with E-state index in [9.17, 15) is 9.18 Å². The van der Waals surface area contributed by atoms with Gasteiger partial charge in [-0.3, -0.25) is 0 Å². The summed E-state index contributed by atoms with van der Waals surface area (Å²) in [6.45, 7) is 10.4. The van der Waals surface area contributed by atoms with Gasteiger partial charge in [-0.1, -0.05) is 18.2 Å². The number of halogens is 1. The summed E-state index contributed by atoms with van der Waals surface area (Å²) in [5.74, 6) is 0.474. The van der Waals surface area contributed by atoms with Crippen LogP contribution in [-0.2, 0) is 4.74 Å². The van der Waals surface area contributed by atoms with E-state index in [1.807, 2.05) is 52.8 Å². The Bertz CT molecular complexity index is 1030. The van der Waals surface area contributed by atoms with E-state index in [0.717, 1.165) is 22.3 Å². The van der Waals surface area contributed by atoms with Crippen LogP contribution < -0.4 is 16.2 Å². The molecule has 1 aliphatic rings. The van der Waals surface area contributed by atoms with Gasteiger partial charge >= 0.3 is 6.09 Å². The second kappa shape index (κ2) is 9.73. The zero-order valence-electron chi connectivity index (χ0n) is 20.1. The van der Waals surface area contributed by atoms with Crippen LogP contribution in [0, 0.1) is 19.7 Å². The summed E-state index contributed by atoms with van der Waals surface area (Å²) < 4.78 is 26.5. The van der Waals surface area contributed by atoms with Gasteiger partial charge in [0, 0.05) is 37.1 Å². The molecule has 1 aliphatic heterocycles. The van der Waals surface area contributed by atoms with Gasteiger partial charge in [0.2, 0.25) is 0 Å². The molecule has 0 unspecified atom stereocenters. The maximum atomic E-state index is 14.7. The SMILES string of the molecule is Cc1cc(-c2c(C)cccc2F)cc(OC2CCN(C(=O)OC(C)(C)C)CC2)c1C=C(N)N. The fourth-order valence-electron chi connectivity index (χ4n) is 4.02. The zero-order chi connectivity index (χ0) is 24.3. The van der Waals surface area contributed by atoms with Gasteiger partial charge in [-0.05, 0) is 69.5 Å². The van der Waals surface area contributed by atoms with Gasteiger partial charge in [0.15, 0.2) is 0 Å². The molecule has 7 heteroatoms. The Morgan fingerprint density at radius 3 is 2.36 bits per heavy atom. The molecule has 0 spiro atoms. The molecule has 1 amide bonds. The van der Waals surface area contributed by atoms with E-state index in [1.54, 1.807) is 17.0 Å². The number of carbonyl (C=O) groups is 1. The molecular formula is C26H34FN3O3. The van der Waals surface area contributed by atoms with E-state index in [1.165, 1.54) is 6.07 Å². The summed E-state index contributed by atoms with van der Waals surface area (Å²) in [5.41, 5.74) is 14.8. The maximum absolute atomic E-state index is 14.7. The first kappa shape index (κ1) is 24.4. The molecule has 1 saturated heterocycles. The summed E-state index contributed by atoms with van der Waals surface area (Å²) in [6.07, 6.45) is 2.56. The second-order valence-corrected chi connectivity index (χ2v) is 9.57. The monoisotopic (exact) mass is 455 g/mol. The molecular weight excluding hydrogens is 421 g/mol. The van der Waals surface area contributed by atoms with Gasteiger partial charge in [0.25, 0.3) is 0 Å². The van der Waals surface area contributed by atoms with Crippen molar-refractivity contribution in [3.63, 3.8) is 0 Å². The minimum atomic E-state index is -0.531. The molecule has 0 bridgehead atoms. The summed E-state index contributed by atoms with van der Waals surface area (Å²) in [6, 6.07) is 8.79. The molecule has 1 fully saturated rings. The normalized spacial score (nSPS) is 14.7. The Morgan fingerprint density at radius 1 is 1.12 bits per heavy atom. The van der Waals surface area contributed by atoms with Crippen molar-refractivity contribution in [2.75, 3.05) is 13.1 Å². The fourth-order valence-corrected chi connectivity index (χ4v) is 4.02. The number of likely N-dealkylation sites (tertiary alicyclic amines) is 1.